The first-order valence-electron chi connectivity index (χ1n) is 9.95. The molecule has 0 unspecified atom stereocenters. The lowest BCUT2D eigenvalue weighted by atomic mass is 9.93. The molecule has 7 heteroatoms. The minimum absolute atomic E-state index is 0.00350. The van der Waals surface area contributed by atoms with Crippen LogP contribution >= 0.6 is 0 Å². The Bertz CT molecular complexity index is 973. The average molecular weight is 391 g/mol. The molecule has 0 radical (unpaired) electrons. The number of pyridine rings is 1. The normalized spacial score (nSPS) is 19.2. The number of ether oxygens (including phenoxy) is 1. The molecule has 1 fully saturated rings. The van der Waals surface area contributed by atoms with Crippen LogP contribution in [0.3, 0.4) is 0 Å². The van der Waals surface area contributed by atoms with Crippen LogP contribution in [0.2, 0.25) is 0 Å². The Morgan fingerprint density at radius 1 is 1.10 bits per heavy atom. The van der Waals surface area contributed by atoms with Crippen molar-refractivity contribution in [3.8, 4) is 11.6 Å². The third-order valence-corrected chi connectivity index (χ3v) is 5.34. The Labute approximate surface area is 170 Å². The second-order valence-electron chi connectivity index (χ2n) is 7.51. The van der Waals surface area contributed by atoms with Crippen molar-refractivity contribution < 1.29 is 9.53 Å². The van der Waals surface area contributed by atoms with Crippen LogP contribution in [0, 0.1) is 12.8 Å². The number of carbonyl (C=O) groups is 1. The predicted octanol–water partition coefficient (Wildman–Crippen LogP) is 3.29. The quantitative estimate of drug-likeness (QED) is 0.667. The van der Waals surface area contributed by atoms with Crippen LogP contribution in [0.4, 0.5) is 0 Å². The van der Waals surface area contributed by atoms with Gasteiger partial charge in [0.2, 0.25) is 5.88 Å². The van der Waals surface area contributed by atoms with Crippen LogP contribution in [0.15, 0.2) is 54.9 Å². The van der Waals surface area contributed by atoms with Gasteiger partial charge in [0, 0.05) is 30.3 Å². The molecule has 1 aromatic carbocycles. The molecule has 1 saturated heterocycles. The number of hydrogen-bond donors (Lipinski definition) is 0. The topological polar surface area (TPSA) is 73.1 Å². The molecule has 0 aliphatic carbocycles. The number of likely N-dealkylation sites (tertiary alicyclic amines) is 1. The first kappa shape index (κ1) is 19.1. The maximum absolute atomic E-state index is 13.4. The third-order valence-electron chi connectivity index (χ3n) is 5.34. The SMILES string of the molecule is Cc1cccc(OC[C@@H]2CC[C@H](C)N(C(=O)c3ccccc3-n3nccn3)C2)n1. The summed E-state index contributed by atoms with van der Waals surface area (Å²) in [6, 6.07) is 13.4. The third kappa shape index (κ3) is 4.29. The molecule has 4 rings (SSSR count). The number of amides is 1. The van der Waals surface area contributed by atoms with Crippen molar-refractivity contribution in [1.82, 2.24) is 24.9 Å². The first-order valence-corrected chi connectivity index (χ1v) is 9.95. The number of benzene rings is 1. The highest BCUT2D eigenvalue weighted by Gasteiger charge is 2.31. The molecule has 0 spiro atoms. The number of hydrogen-bond acceptors (Lipinski definition) is 5. The van der Waals surface area contributed by atoms with Gasteiger partial charge in [-0.15, -0.1) is 0 Å². The van der Waals surface area contributed by atoms with Gasteiger partial charge < -0.3 is 9.64 Å². The van der Waals surface area contributed by atoms with Crippen molar-refractivity contribution in [2.45, 2.75) is 32.7 Å². The highest BCUT2D eigenvalue weighted by Crippen LogP contribution is 2.26. The molecule has 0 bridgehead atoms. The van der Waals surface area contributed by atoms with Crippen molar-refractivity contribution in [2.75, 3.05) is 13.2 Å². The molecule has 0 N–H and O–H groups in total. The van der Waals surface area contributed by atoms with Gasteiger partial charge in [-0.1, -0.05) is 18.2 Å². The van der Waals surface area contributed by atoms with Crippen LogP contribution in [0.25, 0.3) is 5.69 Å². The molecule has 29 heavy (non-hydrogen) atoms. The molecular weight excluding hydrogens is 366 g/mol. The van der Waals surface area contributed by atoms with Gasteiger partial charge in [0.15, 0.2) is 0 Å². The van der Waals surface area contributed by atoms with E-state index in [2.05, 4.69) is 22.1 Å². The lowest BCUT2D eigenvalue weighted by Gasteiger charge is -2.38. The summed E-state index contributed by atoms with van der Waals surface area (Å²) in [7, 11) is 0. The predicted molar refractivity (Wildman–Crippen MR) is 109 cm³/mol. The van der Waals surface area contributed by atoms with E-state index in [1.54, 1.807) is 12.4 Å². The van der Waals surface area contributed by atoms with Crippen LogP contribution in [-0.4, -0.2) is 50.0 Å². The zero-order valence-corrected chi connectivity index (χ0v) is 16.7. The van der Waals surface area contributed by atoms with Crippen molar-refractivity contribution in [3.63, 3.8) is 0 Å². The van der Waals surface area contributed by atoms with Crippen LogP contribution in [0.5, 0.6) is 5.88 Å². The van der Waals surface area contributed by atoms with Crippen molar-refractivity contribution in [2.24, 2.45) is 5.92 Å². The molecule has 1 aliphatic rings. The Morgan fingerprint density at radius 3 is 2.69 bits per heavy atom. The van der Waals surface area contributed by atoms with Gasteiger partial charge >= 0.3 is 0 Å². The Hall–Kier alpha value is -3.22. The molecule has 7 nitrogen and oxygen atoms in total. The number of carbonyl (C=O) groups excluding carboxylic acids is 1. The fraction of sp³-hybridized carbons (Fsp3) is 0.364. The van der Waals surface area contributed by atoms with E-state index in [4.69, 9.17) is 4.74 Å². The van der Waals surface area contributed by atoms with Gasteiger partial charge in [0.1, 0.15) is 0 Å². The molecular formula is C22H25N5O2. The fourth-order valence-corrected chi connectivity index (χ4v) is 3.73. The minimum Gasteiger partial charge on any atom is -0.477 e. The number of piperidine rings is 1. The zero-order chi connectivity index (χ0) is 20.2. The second kappa shape index (κ2) is 8.43. The fourth-order valence-electron chi connectivity index (χ4n) is 3.73. The summed E-state index contributed by atoms with van der Waals surface area (Å²) in [5.41, 5.74) is 2.23. The maximum Gasteiger partial charge on any atom is 0.256 e. The van der Waals surface area contributed by atoms with Gasteiger partial charge in [0.25, 0.3) is 5.91 Å². The van der Waals surface area contributed by atoms with Crippen molar-refractivity contribution in [3.05, 3.63) is 66.1 Å². The summed E-state index contributed by atoms with van der Waals surface area (Å²) in [5.74, 6) is 0.910. The summed E-state index contributed by atoms with van der Waals surface area (Å²) in [6.07, 6.45) is 5.19. The maximum atomic E-state index is 13.4. The number of rotatable bonds is 5. The molecule has 3 aromatic rings. The summed E-state index contributed by atoms with van der Waals surface area (Å²) in [4.78, 5) is 21.2. The standard InChI is InChI=1S/C22H25N5O2/c1-16-6-5-9-21(25-16)29-15-18-11-10-17(2)26(14-18)22(28)19-7-3-4-8-20(19)27-23-12-13-24-27/h3-9,12-13,17-18H,10-11,14-15H2,1-2H3/t17-,18+/m0/s1. The van der Waals surface area contributed by atoms with E-state index < -0.39 is 0 Å². The molecule has 2 aromatic heterocycles. The van der Waals surface area contributed by atoms with Gasteiger partial charge in [-0.3, -0.25) is 4.79 Å². The Morgan fingerprint density at radius 2 is 1.90 bits per heavy atom. The van der Waals surface area contributed by atoms with Crippen LogP contribution in [-0.2, 0) is 0 Å². The number of para-hydroxylation sites is 1. The zero-order valence-electron chi connectivity index (χ0n) is 16.7. The molecule has 1 amide bonds. The first-order chi connectivity index (χ1) is 14.1. The minimum atomic E-state index is 0.00350. The van der Waals surface area contributed by atoms with E-state index in [-0.39, 0.29) is 17.9 Å². The van der Waals surface area contributed by atoms with Crippen molar-refractivity contribution in [1.29, 1.82) is 0 Å². The second-order valence-corrected chi connectivity index (χ2v) is 7.51. The van der Waals surface area contributed by atoms with Crippen LogP contribution in [0.1, 0.15) is 35.8 Å². The van der Waals surface area contributed by atoms with Gasteiger partial charge in [0.05, 0.1) is 30.3 Å². The number of aromatic nitrogens is 4. The largest absolute Gasteiger partial charge is 0.477 e. The molecule has 3 heterocycles. The highest BCUT2D eigenvalue weighted by atomic mass is 16.5. The number of aryl methyl sites for hydroxylation is 1. The monoisotopic (exact) mass is 391 g/mol. The summed E-state index contributed by atoms with van der Waals surface area (Å²) < 4.78 is 5.90. The lowest BCUT2D eigenvalue weighted by molar-refractivity contribution is 0.0502. The Kier molecular flexibility index (Phi) is 5.55. The summed E-state index contributed by atoms with van der Waals surface area (Å²) in [5, 5.41) is 8.37. The summed E-state index contributed by atoms with van der Waals surface area (Å²) >= 11 is 0. The lowest BCUT2D eigenvalue weighted by Crippen LogP contribution is -2.47. The van der Waals surface area contributed by atoms with E-state index in [9.17, 15) is 4.79 Å². The molecule has 1 aliphatic heterocycles. The molecule has 2 atom stereocenters. The van der Waals surface area contributed by atoms with E-state index in [1.165, 1.54) is 4.80 Å². The van der Waals surface area contributed by atoms with Gasteiger partial charge in [-0.05, 0) is 44.9 Å². The smallest absolute Gasteiger partial charge is 0.256 e. The van der Waals surface area contributed by atoms with E-state index in [1.807, 2.05) is 54.3 Å². The number of nitrogens with zero attached hydrogens (tertiary/aromatic N) is 5. The van der Waals surface area contributed by atoms with Gasteiger partial charge in [-0.2, -0.15) is 15.0 Å². The van der Waals surface area contributed by atoms with E-state index >= 15 is 0 Å². The van der Waals surface area contributed by atoms with Gasteiger partial charge in [-0.25, -0.2) is 4.98 Å². The van der Waals surface area contributed by atoms with Crippen molar-refractivity contribution >= 4 is 5.91 Å². The van der Waals surface area contributed by atoms with Crippen LogP contribution < -0.4 is 4.74 Å². The highest BCUT2D eigenvalue weighted by molar-refractivity contribution is 5.98. The Balaban J connectivity index is 1.48. The van der Waals surface area contributed by atoms with E-state index in [0.29, 0.717) is 30.3 Å². The summed E-state index contributed by atoms with van der Waals surface area (Å²) in [6.45, 7) is 5.26. The molecule has 150 valence electrons. The average Bonchev–Trinajstić information content (AvgIpc) is 3.27. The van der Waals surface area contributed by atoms with E-state index in [0.717, 1.165) is 18.5 Å². The molecule has 0 saturated carbocycles.